The first-order valence-electron chi connectivity index (χ1n) is 14.1. The minimum Gasteiger partial charge on any atom is -0.393 e. The fourth-order valence-electron chi connectivity index (χ4n) is 9.92. The molecule has 11 atom stereocenters. The Labute approximate surface area is 197 Å². The van der Waals surface area contributed by atoms with E-state index in [4.69, 9.17) is 0 Å². The minimum absolute atomic E-state index is 0.259. The van der Waals surface area contributed by atoms with E-state index in [1.54, 1.807) is 0 Å². The molecule has 0 radical (unpaired) electrons. The van der Waals surface area contributed by atoms with Gasteiger partial charge in [-0.25, -0.2) is 0 Å². The van der Waals surface area contributed by atoms with Crippen LogP contribution in [0.4, 0.5) is 0 Å². The van der Waals surface area contributed by atoms with Crippen LogP contribution in [0.5, 0.6) is 0 Å². The Balaban J connectivity index is 1.51. The lowest BCUT2D eigenvalue weighted by molar-refractivity contribution is -0.264. The van der Waals surface area contributed by atoms with Crippen LogP contribution in [-0.4, -0.2) is 33.1 Å². The van der Waals surface area contributed by atoms with Crippen LogP contribution in [0.3, 0.4) is 0 Å². The summed E-state index contributed by atoms with van der Waals surface area (Å²) in [6.07, 6.45) is 10.7. The van der Waals surface area contributed by atoms with E-state index in [1.807, 2.05) is 0 Å². The molecule has 4 aliphatic carbocycles. The first-order chi connectivity index (χ1) is 15.0. The summed E-state index contributed by atoms with van der Waals surface area (Å²) in [5.41, 5.74) is -0.984. The van der Waals surface area contributed by atoms with Crippen LogP contribution >= 0.6 is 0 Å². The van der Waals surface area contributed by atoms with Gasteiger partial charge in [-0.15, -0.1) is 0 Å². The van der Waals surface area contributed by atoms with Crippen molar-refractivity contribution >= 4 is 0 Å². The van der Waals surface area contributed by atoms with Crippen molar-refractivity contribution in [2.75, 3.05) is 0 Å². The summed E-state index contributed by atoms with van der Waals surface area (Å²) < 4.78 is 0. The van der Waals surface area contributed by atoms with Crippen LogP contribution in [0.15, 0.2) is 0 Å². The Hall–Kier alpha value is -0.120. The van der Waals surface area contributed by atoms with Crippen molar-refractivity contribution in [2.45, 2.75) is 130 Å². The standard InChI is InChI=1S/C29H52O3/c1-7-20(18(2)3)9-8-19(4)23-10-11-24-22-16-26(31)29(32)17-21(30)12-15-28(29,6)25(22)13-14-27(23,24)5/h18-26,30-32H,7-17H2,1-6H3/t19-,20-,21+,22?,23-,24?,25?,26+,27-,28-,29+/m1/s1. The molecule has 4 saturated carbocycles. The van der Waals surface area contributed by atoms with Gasteiger partial charge in [-0.1, -0.05) is 54.4 Å². The van der Waals surface area contributed by atoms with E-state index in [-0.39, 0.29) is 5.41 Å². The van der Waals surface area contributed by atoms with E-state index in [1.165, 1.54) is 44.9 Å². The highest BCUT2D eigenvalue weighted by molar-refractivity contribution is 5.17. The van der Waals surface area contributed by atoms with E-state index in [2.05, 4.69) is 41.5 Å². The summed E-state index contributed by atoms with van der Waals surface area (Å²) in [6.45, 7) is 14.5. The normalized spacial score (nSPS) is 50.4. The predicted octanol–water partition coefficient (Wildman–Crippen LogP) is 6.19. The van der Waals surface area contributed by atoms with E-state index in [9.17, 15) is 15.3 Å². The molecule has 0 saturated heterocycles. The average molecular weight is 449 g/mol. The predicted molar refractivity (Wildman–Crippen MR) is 131 cm³/mol. The zero-order chi connectivity index (χ0) is 23.5. The third-order valence-corrected chi connectivity index (χ3v) is 12.1. The molecule has 3 unspecified atom stereocenters. The zero-order valence-electron chi connectivity index (χ0n) is 21.8. The molecule has 0 heterocycles. The Kier molecular flexibility index (Phi) is 6.89. The van der Waals surface area contributed by atoms with Crippen molar-refractivity contribution in [1.82, 2.24) is 0 Å². The number of hydrogen-bond donors (Lipinski definition) is 3. The lowest BCUT2D eigenvalue weighted by atomic mass is 9.42. The van der Waals surface area contributed by atoms with Gasteiger partial charge in [0, 0.05) is 11.8 Å². The maximum Gasteiger partial charge on any atom is 0.0985 e. The molecule has 0 aromatic heterocycles. The number of hydrogen-bond acceptors (Lipinski definition) is 3. The Morgan fingerprint density at radius 2 is 1.62 bits per heavy atom. The van der Waals surface area contributed by atoms with Gasteiger partial charge in [0.1, 0.15) is 0 Å². The second-order valence-corrected chi connectivity index (χ2v) is 13.6. The van der Waals surface area contributed by atoms with Crippen molar-refractivity contribution in [3.05, 3.63) is 0 Å². The molecule has 32 heavy (non-hydrogen) atoms. The molecule has 3 N–H and O–H groups in total. The van der Waals surface area contributed by atoms with Crippen LogP contribution in [0.25, 0.3) is 0 Å². The second kappa shape index (κ2) is 8.83. The summed E-state index contributed by atoms with van der Waals surface area (Å²) >= 11 is 0. The van der Waals surface area contributed by atoms with Crippen molar-refractivity contribution in [2.24, 2.45) is 52.3 Å². The molecule has 0 aromatic carbocycles. The van der Waals surface area contributed by atoms with Gasteiger partial charge in [0.2, 0.25) is 0 Å². The smallest absolute Gasteiger partial charge is 0.0985 e. The molecular weight excluding hydrogens is 396 g/mol. The van der Waals surface area contributed by atoms with Gasteiger partial charge in [-0.2, -0.15) is 0 Å². The molecule has 3 nitrogen and oxygen atoms in total. The summed E-state index contributed by atoms with van der Waals surface area (Å²) in [4.78, 5) is 0. The quantitative estimate of drug-likeness (QED) is 0.454. The van der Waals surface area contributed by atoms with Gasteiger partial charge in [-0.3, -0.25) is 0 Å². The lowest BCUT2D eigenvalue weighted by Crippen LogP contribution is -2.68. The maximum atomic E-state index is 11.7. The number of aliphatic hydroxyl groups excluding tert-OH is 2. The van der Waals surface area contributed by atoms with Gasteiger partial charge >= 0.3 is 0 Å². The molecule has 186 valence electrons. The fraction of sp³-hybridized carbons (Fsp3) is 1.00. The SMILES string of the molecule is CC[C@H](CC[C@@H](C)[C@H]1CCC2C3C[C@H](O)[C@@]4(O)C[C@@H](O)CC[C@]4(C)C3CC[C@@]21C)C(C)C. The minimum atomic E-state index is -1.11. The molecule has 4 aliphatic rings. The maximum absolute atomic E-state index is 11.7. The van der Waals surface area contributed by atoms with E-state index >= 15 is 0 Å². The van der Waals surface area contributed by atoms with Gasteiger partial charge in [0.05, 0.1) is 17.8 Å². The first kappa shape index (κ1) is 25.0. The highest BCUT2D eigenvalue weighted by Gasteiger charge is 2.67. The summed E-state index contributed by atoms with van der Waals surface area (Å²) in [5, 5.41) is 33.2. The van der Waals surface area contributed by atoms with Gasteiger partial charge in [-0.05, 0) is 98.2 Å². The van der Waals surface area contributed by atoms with Crippen LogP contribution in [0, 0.1) is 52.3 Å². The van der Waals surface area contributed by atoms with Crippen molar-refractivity contribution in [3.8, 4) is 0 Å². The lowest BCUT2D eigenvalue weighted by Gasteiger charge is -2.65. The molecule has 4 rings (SSSR count). The monoisotopic (exact) mass is 448 g/mol. The molecule has 0 amide bonds. The Bertz CT molecular complexity index is 663. The van der Waals surface area contributed by atoms with Crippen molar-refractivity contribution in [1.29, 1.82) is 0 Å². The van der Waals surface area contributed by atoms with Crippen molar-refractivity contribution in [3.63, 3.8) is 0 Å². The Morgan fingerprint density at radius 1 is 0.906 bits per heavy atom. The van der Waals surface area contributed by atoms with Gasteiger partial charge in [0.25, 0.3) is 0 Å². The highest BCUT2D eigenvalue weighted by Crippen LogP contribution is 2.69. The summed E-state index contributed by atoms with van der Waals surface area (Å²) in [7, 11) is 0. The van der Waals surface area contributed by atoms with Crippen LogP contribution in [0.1, 0.15) is 112 Å². The largest absolute Gasteiger partial charge is 0.393 e. The van der Waals surface area contributed by atoms with E-state index in [0.29, 0.717) is 29.6 Å². The average Bonchev–Trinajstić information content (AvgIpc) is 3.08. The molecular formula is C29H52O3. The Morgan fingerprint density at radius 3 is 2.28 bits per heavy atom. The molecule has 3 heteroatoms. The molecule has 4 fully saturated rings. The first-order valence-corrected chi connectivity index (χ1v) is 14.1. The van der Waals surface area contributed by atoms with Crippen LogP contribution in [0.2, 0.25) is 0 Å². The number of rotatable bonds is 6. The molecule has 0 bridgehead atoms. The zero-order valence-corrected chi connectivity index (χ0v) is 21.8. The topological polar surface area (TPSA) is 60.7 Å². The van der Waals surface area contributed by atoms with Crippen molar-refractivity contribution < 1.29 is 15.3 Å². The third kappa shape index (κ3) is 3.72. The summed E-state index contributed by atoms with van der Waals surface area (Å²) in [5.74, 6) is 4.92. The fourth-order valence-corrected chi connectivity index (χ4v) is 9.92. The molecule has 0 spiro atoms. The molecule has 0 aliphatic heterocycles. The number of fused-ring (bicyclic) bond motifs is 5. The summed E-state index contributed by atoms with van der Waals surface area (Å²) in [6, 6.07) is 0. The van der Waals surface area contributed by atoms with E-state index in [0.717, 1.165) is 42.9 Å². The van der Waals surface area contributed by atoms with Crippen LogP contribution in [-0.2, 0) is 0 Å². The number of aliphatic hydroxyl groups is 3. The third-order valence-electron chi connectivity index (χ3n) is 12.1. The van der Waals surface area contributed by atoms with Crippen LogP contribution < -0.4 is 0 Å². The van der Waals surface area contributed by atoms with Gasteiger partial charge < -0.3 is 15.3 Å². The second-order valence-electron chi connectivity index (χ2n) is 13.6. The van der Waals surface area contributed by atoms with Gasteiger partial charge in [0.15, 0.2) is 0 Å². The highest BCUT2D eigenvalue weighted by atomic mass is 16.3. The van der Waals surface area contributed by atoms with E-state index < -0.39 is 17.8 Å². The molecule has 0 aromatic rings.